The average Bonchev–Trinajstić information content (AvgIpc) is 3.50. The maximum absolute atomic E-state index is 12.9. The molecular weight excluding hydrogens is 528 g/mol. The molecule has 1 amide bonds. The molecule has 0 unspecified atom stereocenters. The number of thiazole rings is 1. The number of hydrazone groups is 1. The first-order valence-electron chi connectivity index (χ1n) is 13.1. The van der Waals surface area contributed by atoms with Crippen LogP contribution in [0.4, 0.5) is 10.8 Å². The number of fused-ring (bicyclic) bond motifs is 1. The van der Waals surface area contributed by atoms with Gasteiger partial charge in [0.05, 0.1) is 11.9 Å². The predicted molar refractivity (Wildman–Crippen MR) is 167 cm³/mol. The van der Waals surface area contributed by atoms with Gasteiger partial charge in [0.2, 0.25) is 0 Å². The minimum atomic E-state index is -0.301. The molecule has 0 atom stereocenters. The first kappa shape index (κ1) is 26.0. The van der Waals surface area contributed by atoms with Crippen molar-refractivity contribution in [1.29, 1.82) is 0 Å². The summed E-state index contributed by atoms with van der Waals surface area (Å²) in [5, 5.41) is 12.4. The molecule has 1 aromatic heterocycles. The smallest absolute Gasteiger partial charge is 0.271 e. The number of hydrogen-bond acceptors (Lipinski definition) is 6. The van der Waals surface area contributed by atoms with Crippen LogP contribution in [0.3, 0.4) is 0 Å². The minimum Gasteiger partial charge on any atom is -0.488 e. The van der Waals surface area contributed by atoms with Crippen LogP contribution in [-0.4, -0.2) is 17.1 Å². The van der Waals surface area contributed by atoms with E-state index in [1.54, 1.807) is 18.3 Å². The van der Waals surface area contributed by atoms with E-state index in [0.717, 1.165) is 44.0 Å². The van der Waals surface area contributed by atoms with Gasteiger partial charge in [0.15, 0.2) is 5.13 Å². The number of hydrogen-bond donors (Lipinski definition) is 2. The lowest BCUT2D eigenvalue weighted by Crippen LogP contribution is -2.17. The number of carbonyl (C=O) groups is 1. The molecule has 0 saturated heterocycles. The Hall–Kier alpha value is -5.27. The van der Waals surface area contributed by atoms with Gasteiger partial charge in [-0.1, -0.05) is 91.0 Å². The van der Waals surface area contributed by atoms with E-state index in [4.69, 9.17) is 4.74 Å². The van der Waals surface area contributed by atoms with Crippen LogP contribution in [0, 0.1) is 0 Å². The Morgan fingerprint density at radius 1 is 0.829 bits per heavy atom. The van der Waals surface area contributed by atoms with Gasteiger partial charge in [-0.2, -0.15) is 5.10 Å². The zero-order valence-corrected chi connectivity index (χ0v) is 22.8. The average molecular weight is 555 g/mol. The van der Waals surface area contributed by atoms with E-state index in [9.17, 15) is 4.79 Å². The Labute approximate surface area is 242 Å². The lowest BCUT2D eigenvalue weighted by Gasteiger charge is -2.12. The molecule has 2 N–H and O–H groups in total. The van der Waals surface area contributed by atoms with Crippen molar-refractivity contribution in [3.05, 3.63) is 143 Å². The number of nitrogens with one attached hydrogen (secondary N) is 2. The van der Waals surface area contributed by atoms with Gasteiger partial charge in [-0.15, -0.1) is 11.3 Å². The van der Waals surface area contributed by atoms with E-state index in [0.29, 0.717) is 17.9 Å². The summed E-state index contributed by atoms with van der Waals surface area (Å²) in [5.41, 5.74) is 7.79. The fourth-order valence-corrected chi connectivity index (χ4v) is 5.13. The summed E-state index contributed by atoms with van der Waals surface area (Å²) < 4.78 is 6.15. The molecule has 200 valence electrons. The molecule has 0 aliphatic heterocycles. The number of rotatable bonds is 9. The topological polar surface area (TPSA) is 75.6 Å². The summed E-state index contributed by atoms with van der Waals surface area (Å²) in [5.74, 6) is 0.392. The second-order valence-electron chi connectivity index (χ2n) is 9.28. The second kappa shape index (κ2) is 12.3. The Balaban J connectivity index is 1.14. The number of aromatic nitrogens is 1. The largest absolute Gasteiger partial charge is 0.488 e. The van der Waals surface area contributed by atoms with Crippen molar-refractivity contribution in [3.63, 3.8) is 0 Å². The van der Waals surface area contributed by atoms with E-state index in [1.165, 1.54) is 11.3 Å². The quantitative estimate of drug-likeness (QED) is 0.140. The zero-order chi connectivity index (χ0) is 27.9. The third kappa shape index (κ3) is 6.32. The van der Waals surface area contributed by atoms with Crippen LogP contribution in [0.1, 0.15) is 21.5 Å². The van der Waals surface area contributed by atoms with Crippen molar-refractivity contribution < 1.29 is 9.53 Å². The SMILES string of the molecule is O=C(N/N=C\c1c(OCc2ccccc2)ccc2ccccc12)c1ccc(-c2csc(Nc3ccccc3)n2)cc1. The third-order valence-electron chi connectivity index (χ3n) is 6.50. The first-order chi connectivity index (χ1) is 20.2. The van der Waals surface area contributed by atoms with Crippen molar-refractivity contribution in [2.75, 3.05) is 5.32 Å². The molecule has 0 bridgehead atoms. The number of nitrogens with zero attached hydrogens (tertiary/aromatic N) is 2. The van der Waals surface area contributed by atoms with Gasteiger partial charge < -0.3 is 10.1 Å². The number of carbonyl (C=O) groups excluding carboxylic acids is 1. The van der Waals surface area contributed by atoms with Gasteiger partial charge >= 0.3 is 0 Å². The van der Waals surface area contributed by atoms with Crippen molar-refractivity contribution in [3.8, 4) is 17.0 Å². The minimum absolute atomic E-state index is 0.301. The third-order valence-corrected chi connectivity index (χ3v) is 7.26. The van der Waals surface area contributed by atoms with E-state index < -0.39 is 0 Å². The molecule has 0 aliphatic carbocycles. The normalized spacial score (nSPS) is 11.0. The van der Waals surface area contributed by atoms with Crippen LogP contribution in [0.25, 0.3) is 22.0 Å². The highest BCUT2D eigenvalue weighted by Crippen LogP contribution is 2.29. The fraction of sp³-hybridized carbons (Fsp3) is 0.0294. The van der Waals surface area contributed by atoms with E-state index in [-0.39, 0.29) is 5.91 Å². The summed E-state index contributed by atoms with van der Waals surface area (Å²) in [6.45, 7) is 0.432. The number of amides is 1. The molecule has 6 rings (SSSR count). The maximum Gasteiger partial charge on any atom is 0.271 e. The summed E-state index contributed by atoms with van der Waals surface area (Å²) in [4.78, 5) is 17.5. The van der Waals surface area contributed by atoms with Crippen molar-refractivity contribution in [2.24, 2.45) is 5.10 Å². The fourth-order valence-electron chi connectivity index (χ4n) is 4.39. The number of anilines is 2. The molecule has 0 fully saturated rings. The highest BCUT2D eigenvalue weighted by atomic mass is 32.1. The van der Waals surface area contributed by atoms with Crippen LogP contribution in [0.5, 0.6) is 5.75 Å². The van der Waals surface area contributed by atoms with Crippen LogP contribution in [0.2, 0.25) is 0 Å². The van der Waals surface area contributed by atoms with Crippen LogP contribution in [-0.2, 0) is 6.61 Å². The Bertz CT molecular complexity index is 1800. The number of para-hydroxylation sites is 1. The molecule has 0 saturated carbocycles. The Morgan fingerprint density at radius 3 is 2.37 bits per heavy atom. The second-order valence-corrected chi connectivity index (χ2v) is 10.1. The monoisotopic (exact) mass is 554 g/mol. The van der Waals surface area contributed by atoms with Gasteiger partial charge in [-0.05, 0) is 46.7 Å². The summed E-state index contributed by atoms with van der Waals surface area (Å²) in [6.07, 6.45) is 1.64. The summed E-state index contributed by atoms with van der Waals surface area (Å²) >= 11 is 1.53. The van der Waals surface area contributed by atoms with Gasteiger partial charge in [-0.3, -0.25) is 4.79 Å². The highest BCUT2D eigenvalue weighted by molar-refractivity contribution is 7.14. The zero-order valence-electron chi connectivity index (χ0n) is 22.0. The van der Waals surface area contributed by atoms with Crippen LogP contribution < -0.4 is 15.5 Å². The molecule has 0 radical (unpaired) electrons. The highest BCUT2D eigenvalue weighted by Gasteiger charge is 2.10. The maximum atomic E-state index is 12.9. The summed E-state index contributed by atoms with van der Waals surface area (Å²) in [6, 6.07) is 39.2. The molecule has 41 heavy (non-hydrogen) atoms. The summed E-state index contributed by atoms with van der Waals surface area (Å²) in [7, 11) is 0. The standard InChI is InChI=1S/C34H26N4O2S/c39-33(27-17-15-26(16-18-27)31-23-41-34(37-31)36-28-12-5-2-6-13-28)38-35-21-30-29-14-8-7-11-25(29)19-20-32(30)40-22-24-9-3-1-4-10-24/h1-21,23H,22H2,(H,36,37)(H,38,39)/b35-21-. The molecule has 7 heteroatoms. The van der Waals surface area contributed by atoms with Gasteiger partial charge in [0.1, 0.15) is 12.4 Å². The van der Waals surface area contributed by atoms with Crippen molar-refractivity contribution in [2.45, 2.75) is 6.61 Å². The van der Waals surface area contributed by atoms with E-state index in [1.807, 2.05) is 115 Å². The molecule has 6 nitrogen and oxygen atoms in total. The van der Waals surface area contributed by atoms with Crippen molar-refractivity contribution >= 4 is 45.0 Å². The Kier molecular flexibility index (Phi) is 7.78. The van der Waals surface area contributed by atoms with Crippen LogP contribution >= 0.6 is 11.3 Å². The van der Waals surface area contributed by atoms with Gasteiger partial charge in [0.25, 0.3) is 5.91 Å². The van der Waals surface area contributed by atoms with E-state index >= 15 is 0 Å². The molecule has 0 aliphatic rings. The molecular formula is C34H26N4O2S. The van der Waals surface area contributed by atoms with Crippen molar-refractivity contribution in [1.82, 2.24) is 10.4 Å². The Morgan fingerprint density at radius 2 is 1.56 bits per heavy atom. The number of benzene rings is 5. The first-order valence-corrected chi connectivity index (χ1v) is 14.0. The molecule has 0 spiro atoms. The van der Waals surface area contributed by atoms with Crippen LogP contribution in [0.15, 0.2) is 132 Å². The molecule has 1 heterocycles. The molecule has 5 aromatic carbocycles. The van der Waals surface area contributed by atoms with E-state index in [2.05, 4.69) is 20.8 Å². The predicted octanol–water partition coefficient (Wildman–Crippen LogP) is 8.05. The van der Waals surface area contributed by atoms with Gasteiger partial charge in [-0.25, -0.2) is 10.4 Å². The number of ether oxygens (including phenoxy) is 1. The van der Waals surface area contributed by atoms with Gasteiger partial charge in [0, 0.05) is 27.8 Å². The molecule has 6 aromatic rings. The lowest BCUT2D eigenvalue weighted by atomic mass is 10.0. The lowest BCUT2D eigenvalue weighted by molar-refractivity contribution is 0.0955.